The van der Waals surface area contributed by atoms with Crippen molar-refractivity contribution in [1.82, 2.24) is 0 Å². The number of rotatable bonds is 78. The molecule has 0 spiro atoms. The second-order valence-electron chi connectivity index (χ2n) is 29.4. The van der Waals surface area contributed by atoms with E-state index in [0.29, 0.717) is 31.6 Å². The fraction of sp³-hybridized carbons (Fsp3) is 0.949. The molecule has 0 aliphatic carbocycles. The number of aliphatic hydroxyl groups is 1. The molecule has 0 radical (unpaired) electrons. The van der Waals surface area contributed by atoms with Gasteiger partial charge in [0.15, 0.2) is 12.2 Å². The number of aliphatic hydroxyl groups excluding tert-OH is 1. The molecule has 0 fully saturated rings. The number of carbonyl (C=O) groups is 4. The standard InChI is InChI=1S/C79H154O17P2/c1-7-9-11-13-15-17-19-21-30-34-38-42-49-55-61-76(81)89-67-74(95-78(83)64-58-52-44-40-36-32-28-26-24-23-25-27-29-33-37-41-47-53-59-71(3)4)69-93-97(85,86)91-65-73(80)66-92-98(87,88)94-70-75(68-90-77(82)62-56-50-46-45-48-54-60-72(5)6)96-79(84)63-57-51-43-39-35-31-22-20-18-16-14-12-10-8-2/h71-75,80H,7-70H2,1-6H3,(H,85,86)(H,87,88)/t73-,74-,75-/m1/s1. The molecule has 0 bridgehead atoms. The molecule has 0 saturated heterocycles. The average molecular weight is 1440 g/mol. The topological polar surface area (TPSA) is 237 Å². The minimum atomic E-state index is -4.96. The van der Waals surface area contributed by atoms with E-state index in [-0.39, 0.29) is 25.7 Å². The number of hydrogen-bond donors (Lipinski definition) is 3. The summed E-state index contributed by atoms with van der Waals surface area (Å²) < 4.78 is 68.6. The van der Waals surface area contributed by atoms with E-state index >= 15 is 0 Å². The molecule has 17 nitrogen and oxygen atoms in total. The summed E-state index contributed by atoms with van der Waals surface area (Å²) in [4.78, 5) is 72.9. The number of unbranched alkanes of at least 4 members (excludes halogenated alkanes) is 48. The average Bonchev–Trinajstić information content (AvgIpc) is 0.937. The lowest BCUT2D eigenvalue weighted by atomic mass is 10.0. The van der Waals surface area contributed by atoms with Crippen LogP contribution >= 0.6 is 15.6 Å². The Morgan fingerprint density at radius 2 is 0.469 bits per heavy atom. The monoisotopic (exact) mass is 1440 g/mol. The van der Waals surface area contributed by atoms with Crippen LogP contribution in [0.25, 0.3) is 0 Å². The van der Waals surface area contributed by atoms with Crippen LogP contribution in [0.1, 0.15) is 414 Å². The lowest BCUT2D eigenvalue weighted by Gasteiger charge is -2.21. The molecule has 0 aliphatic rings. The molecule has 2 unspecified atom stereocenters. The lowest BCUT2D eigenvalue weighted by Crippen LogP contribution is -2.30. The summed E-state index contributed by atoms with van der Waals surface area (Å²) in [6, 6.07) is 0. The predicted molar refractivity (Wildman–Crippen MR) is 400 cm³/mol. The second-order valence-corrected chi connectivity index (χ2v) is 32.3. The maximum atomic E-state index is 13.1. The van der Waals surface area contributed by atoms with Crippen LogP contribution in [0.2, 0.25) is 0 Å². The molecule has 98 heavy (non-hydrogen) atoms. The maximum absolute atomic E-state index is 13.1. The highest BCUT2D eigenvalue weighted by atomic mass is 31.2. The van der Waals surface area contributed by atoms with Crippen molar-refractivity contribution in [1.29, 1.82) is 0 Å². The summed E-state index contributed by atoms with van der Waals surface area (Å²) in [5.41, 5.74) is 0. The minimum Gasteiger partial charge on any atom is -0.462 e. The number of ether oxygens (including phenoxy) is 4. The van der Waals surface area contributed by atoms with Crippen molar-refractivity contribution in [3.63, 3.8) is 0 Å². The molecule has 0 saturated carbocycles. The lowest BCUT2D eigenvalue weighted by molar-refractivity contribution is -0.161. The molecule has 0 aromatic carbocycles. The summed E-state index contributed by atoms with van der Waals surface area (Å²) in [5.74, 6) is -0.612. The second kappa shape index (κ2) is 70.7. The van der Waals surface area contributed by atoms with Crippen LogP contribution in [-0.4, -0.2) is 96.7 Å². The van der Waals surface area contributed by atoms with Gasteiger partial charge < -0.3 is 33.8 Å². The first-order chi connectivity index (χ1) is 47.4. The SMILES string of the molecule is CCCCCCCCCCCCCCCCC(=O)OC[C@H](COP(=O)(O)OC[C@@H](O)COP(=O)(O)OC[C@@H](COC(=O)CCCCCCCCC(C)C)OC(=O)CCCCCCCCCCCCCCCC)OC(=O)CCCCCCCCCCCCCCCCCCCCC(C)C. The molecule has 5 atom stereocenters. The zero-order valence-electron chi connectivity index (χ0n) is 64.1. The fourth-order valence-corrected chi connectivity index (χ4v) is 13.8. The summed E-state index contributed by atoms with van der Waals surface area (Å²) in [7, 11) is -9.91. The minimum absolute atomic E-state index is 0.107. The van der Waals surface area contributed by atoms with Crippen LogP contribution in [-0.2, 0) is 65.4 Å². The smallest absolute Gasteiger partial charge is 0.462 e. The summed E-state index contributed by atoms with van der Waals surface area (Å²) in [5, 5.41) is 10.6. The van der Waals surface area contributed by atoms with Gasteiger partial charge in [-0.1, -0.05) is 363 Å². The summed E-state index contributed by atoms with van der Waals surface area (Å²) >= 11 is 0. The van der Waals surface area contributed by atoms with E-state index in [9.17, 15) is 43.2 Å². The first-order valence-corrected chi connectivity index (χ1v) is 44.0. The third-order valence-corrected chi connectivity index (χ3v) is 20.4. The Kier molecular flexibility index (Phi) is 69.3. The van der Waals surface area contributed by atoms with E-state index < -0.39 is 97.5 Å². The molecule has 0 rings (SSSR count). The van der Waals surface area contributed by atoms with Crippen LogP contribution in [0.3, 0.4) is 0 Å². The first-order valence-electron chi connectivity index (χ1n) is 41.0. The predicted octanol–water partition coefficient (Wildman–Crippen LogP) is 23.5. The molecule has 3 N–H and O–H groups in total. The van der Waals surface area contributed by atoms with Crippen molar-refractivity contribution >= 4 is 39.5 Å². The van der Waals surface area contributed by atoms with Crippen LogP contribution < -0.4 is 0 Å². The van der Waals surface area contributed by atoms with E-state index in [1.54, 1.807) is 0 Å². The highest BCUT2D eigenvalue weighted by Gasteiger charge is 2.30. The van der Waals surface area contributed by atoms with Gasteiger partial charge in [-0.05, 0) is 37.5 Å². The zero-order chi connectivity index (χ0) is 72.1. The van der Waals surface area contributed by atoms with Gasteiger partial charge in [-0.15, -0.1) is 0 Å². The Morgan fingerprint density at radius 1 is 0.276 bits per heavy atom. The number of carbonyl (C=O) groups excluding carboxylic acids is 4. The van der Waals surface area contributed by atoms with Crippen molar-refractivity contribution in [3.05, 3.63) is 0 Å². The molecule has 0 aliphatic heterocycles. The highest BCUT2D eigenvalue weighted by molar-refractivity contribution is 7.47. The first kappa shape index (κ1) is 96.1. The highest BCUT2D eigenvalue weighted by Crippen LogP contribution is 2.45. The molecule has 0 aromatic heterocycles. The Morgan fingerprint density at radius 3 is 0.694 bits per heavy atom. The Bertz CT molecular complexity index is 1890. The van der Waals surface area contributed by atoms with Gasteiger partial charge in [-0.2, -0.15) is 0 Å². The van der Waals surface area contributed by atoms with Crippen molar-refractivity contribution in [2.24, 2.45) is 11.8 Å². The van der Waals surface area contributed by atoms with Crippen molar-refractivity contribution in [2.45, 2.75) is 432 Å². The van der Waals surface area contributed by atoms with Gasteiger partial charge in [-0.25, -0.2) is 9.13 Å². The Hall–Kier alpha value is -1.94. The summed E-state index contributed by atoms with van der Waals surface area (Å²) in [6.07, 6.45) is 59.8. The Labute approximate surface area is 600 Å². The van der Waals surface area contributed by atoms with Gasteiger partial charge in [0.25, 0.3) is 0 Å². The number of esters is 4. The van der Waals surface area contributed by atoms with Gasteiger partial charge in [-0.3, -0.25) is 37.3 Å². The summed E-state index contributed by atoms with van der Waals surface area (Å²) in [6.45, 7) is 9.58. The third kappa shape index (κ3) is 72.4. The van der Waals surface area contributed by atoms with Crippen LogP contribution in [0.5, 0.6) is 0 Å². The van der Waals surface area contributed by atoms with Crippen molar-refractivity contribution in [2.75, 3.05) is 39.6 Å². The molecule has 0 heterocycles. The van der Waals surface area contributed by atoms with E-state index in [0.717, 1.165) is 102 Å². The quantitative estimate of drug-likeness (QED) is 0.0222. The van der Waals surface area contributed by atoms with Crippen molar-refractivity contribution < 1.29 is 80.2 Å². The van der Waals surface area contributed by atoms with Gasteiger partial charge in [0.05, 0.1) is 26.4 Å². The van der Waals surface area contributed by atoms with E-state index in [1.807, 2.05) is 0 Å². The van der Waals surface area contributed by atoms with Crippen molar-refractivity contribution in [3.8, 4) is 0 Å². The molecular formula is C79H154O17P2. The van der Waals surface area contributed by atoms with E-state index in [2.05, 4.69) is 41.5 Å². The molecule has 0 aromatic rings. The normalized spacial score (nSPS) is 13.9. The molecule has 19 heteroatoms. The third-order valence-electron chi connectivity index (χ3n) is 18.5. The van der Waals surface area contributed by atoms with Crippen LogP contribution in [0.15, 0.2) is 0 Å². The fourth-order valence-electron chi connectivity index (χ4n) is 12.2. The molecule has 582 valence electrons. The zero-order valence-corrected chi connectivity index (χ0v) is 65.9. The van der Waals surface area contributed by atoms with E-state index in [4.69, 9.17) is 37.0 Å². The number of phosphoric acid groups is 2. The Balaban J connectivity index is 5.20. The van der Waals surface area contributed by atoms with Gasteiger partial charge in [0, 0.05) is 25.7 Å². The van der Waals surface area contributed by atoms with Gasteiger partial charge in [0.1, 0.15) is 19.3 Å². The number of hydrogen-bond acceptors (Lipinski definition) is 15. The van der Waals surface area contributed by atoms with Crippen LogP contribution in [0.4, 0.5) is 0 Å². The van der Waals surface area contributed by atoms with E-state index in [1.165, 1.54) is 225 Å². The maximum Gasteiger partial charge on any atom is 0.472 e. The van der Waals surface area contributed by atoms with Gasteiger partial charge >= 0.3 is 39.5 Å². The van der Waals surface area contributed by atoms with Crippen LogP contribution in [0, 0.1) is 11.8 Å². The van der Waals surface area contributed by atoms with Gasteiger partial charge in [0.2, 0.25) is 0 Å². The largest absolute Gasteiger partial charge is 0.472 e. The molecule has 0 amide bonds. The molecular weight excluding hydrogens is 1280 g/mol. The number of phosphoric ester groups is 2.